The molecule has 0 radical (unpaired) electrons. The van der Waals surface area contributed by atoms with E-state index >= 15 is 0 Å². The molecule has 0 aliphatic heterocycles. The first-order chi connectivity index (χ1) is 22.3. The molecule has 13 nitrogen and oxygen atoms in total. The van der Waals surface area contributed by atoms with Crippen LogP contribution in [0.15, 0.2) is 0 Å². The predicted molar refractivity (Wildman–Crippen MR) is 169 cm³/mol. The topological polar surface area (TPSA) is 234 Å². The molecule has 3 atom stereocenters. The molecule has 274 valence electrons. The zero-order valence-electron chi connectivity index (χ0n) is 27.3. The number of hydrogen-bond acceptors (Lipinski definition) is 8. The van der Waals surface area contributed by atoms with E-state index in [0.29, 0.717) is 32.2 Å². The molecule has 0 spiro atoms. The van der Waals surface area contributed by atoms with Gasteiger partial charge >= 0.3 is 18.1 Å². The summed E-state index contributed by atoms with van der Waals surface area (Å²) in [6.07, 6.45) is 10.4. The first-order valence-corrected chi connectivity index (χ1v) is 16.7. The second-order valence-electron chi connectivity index (χ2n) is 12.0. The molecule has 3 amide bonds. The number of nitrogens with one attached hydrogen (secondary N) is 3. The number of carboxylic acids is 2. The predicted octanol–water partition coefficient (Wildman–Crippen LogP) is 2.72. The maximum atomic E-state index is 13.1. The Balaban J connectivity index is 0.00000270. The lowest BCUT2D eigenvalue weighted by Gasteiger charge is -2.27. The molecule has 0 heterocycles. The molecule has 47 heavy (non-hydrogen) atoms. The molecule has 0 saturated heterocycles. The molecule has 1 aliphatic carbocycles. The molecule has 0 bridgehead atoms. The van der Waals surface area contributed by atoms with E-state index in [0.717, 1.165) is 77.2 Å². The van der Waals surface area contributed by atoms with Gasteiger partial charge in [0.05, 0.1) is 6.61 Å². The van der Waals surface area contributed by atoms with E-state index in [9.17, 15) is 42.6 Å². The van der Waals surface area contributed by atoms with Crippen molar-refractivity contribution < 1.29 is 52.5 Å². The van der Waals surface area contributed by atoms with E-state index in [4.69, 9.17) is 21.4 Å². The zero-order valence-corrected chi connectivity index (χ0v) is 27.3. The monoisotopic (exact) mass is 683 g/mol. The third-order valence-corrected chi connectivity index (χ3v) is 7.92. The van der Waals surface area contributed by atoms with Crippen molar-refractivity contribution in [3.63, 3.8) is 0 Å². The van der Waals surface area contributed by atoms with Crippen LogP contribution in [0.1, 0.15) is 116 Å². The fraction of sp³-hybridized carbons (Fsp3) is 0.839. The minimum absolute atomic E-state index is 0.246. The maximum Gasteiger partial charge on any atom is 0.490 e. The largest absolute Gasteiger partial charge is 0.490 e. The maximum absolute atomic E-state index is 13.1. The molecule has 10 N–H and O–H groups in total. The third-order valence-electron chi connectivity index (χ3n) is 7.92. The summed E-state index contributed by atoms with van der Waals surface area (Å²) in [5, 5.41) is 34.4. The van der Waals surface area contributed by atoms with Crippen LogP contribution in [0.2, 0.25) is 0 Å². The van der Waals surface area contributed by atoms with Crippen LogP contribution in [-0.2, 0) is 24.0 Å². The van der Waals surface area contributed by atoms with Gasteiger partial charge in [0, 0.05) is 6.42 Å². The lowest BCUT2D eigenvalue weighted by Crippen LogP contribution is -2.56. The van der Waals surface area contributed by atoms with Gasteiger partial charge in [0.25, 0.3) is 0 Å². The number of hydrogen-bond donors (Lipinski definition) is 8. The number of carbonyl (C=O) groups excluding carboxylic acids is 3. The van der Waals surface area contributed by atoms with E-state index < -0.39 is 54.7 Å². The second kappa shape index (κ2) is 26.0. The highest BCUT2D eigenvalue weighted by molar-refractivity contribution is 5.93. The van der Waals surface area contributed by atoms with Crippen molar-refractivity contribution in [3.05, 3.63) is 0 Å². The van der Waals surface area contributed by atoms with Crippen LogP contribution in [0, 0.1) is 5.92 Å². The van der Waals surface area contributed by atoms with Crippen molar-refractivity contribution in [1.29, 1.82) is 0 Å². The highest BCUT2D eigenvalue weighted by atomic mass is 19.4. The van der Waals surface area contributed by atoms with E-state index in [2.05, 4.69) is 16.0 Å². The van der Waals surface area contributed by atoms with Crippen molar-refractivity contribution in [2.24, 2.45) is 17.4 Å². The van der Waals surface area contributed by atoms with Gasteiger partial charge in [0.1, 0.15) is 18.1 Å². The molecule has 0 aromatic heterocycles. The van der Waals surface area contributed by atoms with Crippen LogP contribution in [0.5, 0.6) is 0 Å². The highest BCUT2D eigenvalue weighted by Gasteiger charge is 2.38. The van der Waals surface area contributed by atoms with Gasteiger partial charge in [-0.3, -0.25) is 14.4 Å². The van der Waals surface area contributed by atoms with Gasteiger partial charge in [-0.25, -0.2) is 9.59 Å². The number of carboxylic acid groups (broad SMARTS) is 2. The molecule has 0 aromatic carbocycles. The van der Waals surface area contributed by atoms with Crippen molar-refractivity contribution in [2.75, 3.05) is 19.7 Å². The number of carbonyl (C=O) groups is 5. The molecular weight excluding hydrogens is 627 g/mol. The number of aliphatic hydroxyl groups excluding tert-OH is 1. The van der Waals surface area contributed by atoms with Crippen LogP contribution < -0.4 is 27.4 Å². The van der Waals surface area contributed by atoms with Gasteiger partial charge in [-0.15, -0.1) is 0 Å². The number of amides is 3. The molecule has 1 aliphatic rings. The van der Waals surface area contributed by atoms with Gasteiger partial charge in [-0.1, -0.05) is 70.6 Å². The summed E-state index contributed by atoms with van der Waals surface area (Å²) in [6, 6.07) is -3.23. The Morgan fingerprint density at radius 3 is 1.64 bits per heavy atom. The fourth-order valence-electron chi connectivity index (χ4n) is 5.24. The summed E-state index contributed by atoms with van der Waals surface area (Å²) >= 11 is 0. The molecule has 0 unspecified atom stereocenters. The van der Waals surface area contributed by atoms with Crippen LogP contribution in [-0.4, -0.2) is 89.0 Å². The number of nitrogens with two attached hydrogens (primary N) is 2. The van der Waals surface area contributed by atoms with Crippen molar-refractivity contribution >= 4 is 29.7 Å². The summed E-state index contributed by atoms with van der Waals surface area (Å²) in [5.41, 5.74) is 11.1. The van der Waals surface area contributed by atoms with Crippen LogP contribution in [0.4, 0.5) is 13.2 Å². The molecular formula is C31H56F3N5O8. The lowest BCUT2D eigenvalue weighted by molar-refractivity contribution is -0.192. The van der Waals surface area contributed by atoms with E-state index in [1.165, 1.54) is 6.42 Å². The Kier molecular flexibility index (Phi) is 24.4. The fourth-order valence-corrected chi connectivity index (χ4v) is 5.24. The number of alkyl halides is 3. The van der Waals surface area contributed by atoms with Crippen LogP contribution in [0.3, 0.4) is 0 Å². The first-order valence-electron chi connectivity index (χ1n) is 16.7. The summed E-state index contributed by atoms with van der Waals surface area (Å²) in [6.45, 7) is 0.540. The van der Waals surface area contributed by atoms with Crippen LogP contribution >= 0.6 is 0 Å². The Hall–Kier alpha value is -2.98. The van der Waals surface area contributed by atoms with E-state index in [1.54, 1.807) is 0 Å². The van der Waals surface area contributed by atoms with Gasteiger partial charge in [-0.05, 0) is 57.5 Å². The molecule has 1 fully saturated rings. The molecule has 0 aromatic rings. The minimum atomic E-state index is -5.08. The number of halogens is 3. The Morgan fingerprint density at radius 1 is 0.681 bits per heavy atom. The minimum Gasteiger partial charge on any atom is -0.480 e. The van der Waals surface area contributed by atoms with Crippen molar-refractivity contribution in [1.82, 2.24) is 16.0 Å². The SMILES string of the molecule is NCCCCCCCCCCC(=O)N[C@@H](CO)C(=O)N[C@@H](CCCCN)C(=O)N[C@@H](CC1CCCCC1)C(=O)O.O=C(O)C(F)(F)F. The van der Waals surface area contributed by atoms with Crippen molar-refractivity contribution in [2.45, 2.75) is 140 Å². The Morgan fingerprint density at radius 2 is 1.15 bits per heavy atom. The standard InChI is InChI=1S/C29H55N5O6.C2HF3O2/c30-18-12-6-4-2-1-3-5-10-17-26(36)32-25(21-35)28(38)33-23(16-11-13-19-31)27(37)34-24(29(39)40)20-22-14-8-7-9-15-22;3-2(4,5)1(6)7/h22-25,35H,1-21,30-31H2,(H,32,36)(H,33,38)(H,34,37)(H,39,40);(H,6,7)/t23-,24-,25-;/m0./s1. The van der Waals surface area contributed by atoms with Crippen LogP contribution in [0.25, 0.3) is 0 Å². The zero-order chi connectivity index (χ0) is 35.7. The van der Waals surface area contributed by atoms with E-state index in [1.807, 2.05) is 0 Å². The number of aliphatic carboxylic acids is 2. The van der Waals surface area contributed by atoms with Gasteiger partial charge in [0.15, 0.2) is 0 Å². The smallest absolute Gasteiger partial charge is 0.480 e. The summed E-state index contributed by atoms with van der Waals surface area (Å²) < 4.78 is 31.7. The summed E-state index contributed by atoms with van der Waals surface area (Å²) in [4.78, 5) is 59.2. The first kappa shape index (κ1) is 44.0. The quantitative estimate of drug-likeness (QED) is 0.0734. The lowest BCUT2D eigenvalue weighted by atomic mass is 9.84. The van der Waals surface area contributed by atoms with Gasteiger partial charge < -0.3 is 42.7 Å². The summed E-state index contributed by atoms with van der Waals surface area (Å²) in [5.74, 6) is -5.21. The number of rotatable bonds is 23. The number of aliphatic hydroxyl groups is 1. The normalized spacial score (nSPS) is 15.4. The third kappa shape index (κ3) is 22.3. The molecule has 16 heteroatoms. The Labute approximate surface area is 275 Å². The second-order valence-corrected chi connectivity index (χ2v) is 12.0. The average molecular weight is 684 g/mol. The highest BCUT2D eigenvalue weighted by Crippen LogP contribution is 2.27. The van der Waals surface area contributed by atoms with Gasteiger partial charge in [0.2, 0.25) is 17.7 Å². The molecule has 1 rings (SSSR count). The van der Waals surface area contributed by atoms with Crippen molar-refractivity contribution in [3.8, 4) is 0 Å². The average Bonchev–Trinajstić information content (AvgIpc) is 3.02. The van der Waals surface area contributed by atoms with E-state index in [-0.39, 0.29) is 24.7 Å². The molecule has 1 saturated carbocycles. The Bertz CT molecular complexity index is 920. The number of unbranched alkanes of at least 4 members (excludes halogenated alkanes) is 8. The summed E-state index contributed by atoms with van der Waals surface area (Å²) in [7, 11) is 0. The van der Waals surface area contributed by atoms with Gasteiger partial charge in [-0.2, -0.15) is 13.2 Å².